The number of aryl methyl sites for hydroxylation is 1. The van der Waals surface area contributed by atoms with Gasteiger partial charge in [-0.15, -0.1) is 0 Å². The monoisotopic (exact) mass is 258 g/mol. The van der Waals surface area contributed by atoms with Crippen LogP contribution in [0.4, 0.5) is 0 Å². The molecule has 0 amide bonds. The largest absolute Gasteiger partial charge is 0.465 e. The number of carbonyl (C=O) groups is 1. The number of aliphatic hydroxyl groups is 1. The Morgan fingerprint density at radius 2 is 1.44 bits per heavy atom. The van der Waals surface area contributed by atoms with Crippen LogP contribution in [0.1, 0.15) is 29.8 Å². The Balaban J connectivity index is -0.000000274. The lowest BCUT2D eigenvalue weighted by Crippen LogP contribution is -2.02. The Kier molecular flexibility index (Phi) is 21.8. The van der Waals surface area contributed by atoms with Gasteiger partial charge in [0.25, 0.3) is 0 Å². The summed E-state index contributed by atoms with van der Waals surface area (Å²) in [5, 5.41) is 7.00. The van der Waals surface area contributed by atoms with E-state index in [1.165, 1.54) is 7.11 Å². The molecule has 0 atom stereocenters. The quantitative estimate of drug-likeness (QED) is 0.787. The predicted molar refractivity (Wildman–Crippen MR) is 74.9 cm³/mol. The maximum atomic E-state index is 11.0. The molecule has 0 heterocycles. The lowest BCUT2D eigenvalue weighted by atomic mass is 10.1. The molecule has 1 aromatic carbocycles. The minimum atomic E-state index is -0.275. The van der Waals surface area contributed by atoms with Crippen molar-refractivity contribution in [2.45, 2.75) is 20.8 Å². The normalized spacial score (nSPS) is 7.33. The number of hydrogen-bond acceptors (Lipinski definition) is 4. The fourth-order valence-electron chi connectivity index (χ4n) is 0.912. The van der Waals surface area contributed by atoms with E-state index < -0.39 is 0 Å². The average molecular weight is 258 g/mol. The smallest absolute Gasteiger partial charge is 0.338 e. The first-order valence-electron chi connectivity index (χ1n) is 5.66. The predicted octanol–water partition coefficient (Wildman–Crippen LogP) is 2.68. The molecule has 106 valence electrons. The van der Waals surface area contributed by atoms with Crippen molar-refractivity contribution in [1.82, 2.24) is 0 Å². The van der Waals surface area contributed by atoms with E-state index in [1.54, 1.807) is 20.3 Å². The zero-order valence-electron chi connectivity index (χ0n) is 12.5. The standard InChI is InChI=1S/C9H10O2.C2H6O.C2H6.CH4O/c1-7-5-3-4-6-8(7)9(10)11-2;1-3-2;2*1-2/h3-6H,1-2H3;1-2H3;1-2H3;2H,1H3. The molecule has 0 aromatic heterocycles. The summed E-state index contributed by atoms with van der Waals surface area (Å²) in [5.74, 6) is -0.275. The van der Waals surface area contributed by atoms with Crippen LogP contribution in [0.2, 0.25) is 0 Å². The van der Waals surface area contributed by atoms with Crippen LogP contribution in [0.3, 0.4) is 0 Å². The number of carbonyl (C=O) groups excluding carboxylic acids is 1. The molecule has 0 unspecified atom stereocenters. The summed E-state index contributed by atoms with van der Waals surface area (Å²) in [6, 6.07) is 7.34. The molecular formula is C14H26O4. The van der Waals surface area contributed by atoms with Crippen molar-refractivity contribution in [2.24, 2.45) is 0 Å². The summed E-state index contributed by atoms with van der Waals surface area (Å²) in [7, 11) is 5.63. The van der Waals surface area contributed by atoms with E-state index in [9.17, 15) is 4.79 Å². The first-order valence-corrected chi connectivity index (χ1v) is 5.66. The minimum absolute atomic E-state index is 0.275. The number of methoxy groups -OCH3 is 2. The van der Waals surface area contributed by atoms with Crippen LogP contribution >= 0.6 is 0 Å². The second-order valence-corrected chi connectivity index (χ2v) is 2.71. The van der Waals surface area contributed by atoms with Gasteiger partial charge in [0.05, 0.1) is 12.7 Å². The summed E-state index contributed by atoms with van der Waals surface area (Å²) >= 11 is 0. The second kappa shape index (κ2) is 18.0. The number of ether oxygens (including phenoxy) is 2. The highest BCUT2D eigenvalue weighted by Crippen LogP contribution is 2.07. The van der Waals surface area contributed by atoms with Crippen LogP contribution in [0.5, 0.6) is 0 Å². The Labute approximate surface area is 111 Å². The molecule has 0 aliphatic heterocycles. The third kappa shape index (κ3) is 11.1. The number of hydrogen-bond donors (Lipinski definition) is 1. The summed E-state index contributed by atoms with van der Waals surface area (Å²) in [5.41, 5.74) is 1.58. The third-order valence-electron chi connectivity index (χ3n) is 1.55. The van der Waals surface area contributed by atoms with Gasteiger partial charge in [0, 0.05) is 21.3 Å². The molecular weight excluding hydrogens is 232 g/mol. The summed E-state index contributed by atoms with van der Waals surface area (Å²) < 4.78 is 8.83. The second-order valence-electron chi connectivity index (χ2n) is 2.71. The van der Waals surface area contributed by atoms with E-state index in [0.717, 1.165) is 12.7 Å². The SMILES string of the molecule is CC.CO.COC.COC(=O)c1ccccc1C. The number of benzene rings is 1. The van der Waals surface area contributed by atoms with E-state index in [1.807, 2.05) is 39.0 Å². The van der Waals surface area contributed by atoms with Gasteiger partial charge in [-0.05, 0) is 18.6 Å². The van der Waals surface area contributed by atoms with Crippen LogP contribution in [-0.2, 0) is 9.47 Å². The number of rotatable bonds is 1. The van der Waals surface area contributed by atoms with Crippen molar-refractivity contribution in [3.05, 3.63) is 35.4 Å². The fraction of sp³-hybridized carbons (Fsp3) is 0.500. The van der Waals surface area contributed by atoms with Crippen LogP contribution in [-0.4, -0.2) is 39.5 Å². The fourth-order valence-corrected chi connectivity index (χ4v) is 0.912. The molecule has 0 spiro atoms. The summed E-state index contributed by atoms with van der Waals surface area (Å²) in [4.78, 5) is 11.0. The lowest BCUT2D eigenvalue weighted by Gasteiger charge is -2.00. The molecule has 1 aromatic rings. The molecule has 0 radical (unpaired) electrons. The maximum Gasteiger partial charge on any atom is 0.338 e. The maximum absolute atomic E-state index is 11.0. The molecule has 18 heavy (non-hydrogen) atoms. The highest BCUT2D eigenvalue weighted by atomic mass is 16.5. The zero-order chi connectivity index (χ0) is 15.0. The topological polar surface area (TPSA) is 55.8 Å². The summed E-state index contributed by atoms with van der Waals surface area (Å²) in [6.07, 6.45) is 0. The molecule has 4 heteroatoms. The van der Waals surface area contributed by atoms with Gasteiger partial charge < -0.3 is 14.6 Å². The van der Waals surface area contributed by atoms with E-state index >= 15 is 0 Å². The zero-order valence-corrected chi connectivity index (χ0v) is 12.5. The van der Waals surface area contributed by atoms with Crippen molar-refractivity contribution < 1.29 is 19.4 Å². The average Bonchev–Trinajstić information content (AvgIpc) is 2.44. The summed E-state index contributed by atoms with van der Waals surface area (Å²) in [6.45, 7) is 5.88. The Bertz CT molecular complexity index is 285. The van der Waals surface area contributed by atoms with Gasteiger partial charge in [0.1, 0.15) is 0 Å². The minimum Gasteiger partial charge on any atom is -0.465 e. The van der Waals surface area contributed by atoms with Crippen LogP contribution in [0.15, 0.2) is 24.3 Å². The van der Waals surface area contributed by atoms with Gasteiger partial charge in [0.2, 0.25) is 0 Å². The Morgan fingerprint density at radius 1 is 1.06 bits per heavy atom. The highest BCUT2D eigenvalue weighted by Gasteiger charge is 2.05. The third-order valence-corrected chi connectivity index (χ3v) is 1.55. The Morgan fingerprint density at radius 3 is 1.78 bits per heavy atom. The molecule has 0 bridgehead atoms. The van der Waals surface area contributed by atoms with E-state index in [4.69, 9.17) is 5.11 Å². The highest BCUT2D eigenvalue weighted by molar-refractivity contribution is 5.90. The molecule has 0 aliphatic carbocycles. The number of esters is 1. The number of aliphatic hydroxyl groups excluding tert-OH is 1. The molecule has 0 fully saturated rings. The molecule has 0 aliphatic rings. The van der Waals surface area contributed by atoms with E-state index in [0.29, 0.717) is 5.56 Å². The van der Waals surface area contributed by atoms with E-state index in [2.05, 4.69) is 9.47 Å². The van der Waals surface area contributed by atoms with Crippen molar-refractivity contribution in [3.8, 4) is 0 Å². The van der Waals surface area contributed by atoms with Crippen molar-refractivity contribution in [2.75, 3.05) is 28.4 Å². The van der Waals surface area contributed by atoms with Crippen LogP contribution in [0, 0.1) is 6.92 Å². The lowest BCUT2D eigenvalue weighted by molar-refractivity contribution is 0.0600. The Hall–Kier alpha value is -1.39. The molecule has 0 saturated carbocycles. The van der Waals surface area contributed by atoms with Gasteiger partial charge in [-0.2, -0.15) is 0 Å². The first kappa shape index (κ1) is 21.9. The van der Waals surface area contributed by atoms with Crippen molar-refractivity contribution in [1.29, 1.82) is 0 Å². The van der Waals surface area contributed by atoms with Gasteiger partial charge in [0.15, 0.2) is 0 Å². The molecule has 1 N–H and O–H groups in total. The van der Waals surface area contributed by atoms with Gasteiger partial charge in [-0.3, -0.25) is 0 Å². The van der Waals surface area contributed by atoms with Gasteiger partial charge >= 0.3 is 5.97 Å². The molecule has 0 saturated heterocycles. The van der Waals surface area contributed by atoms with Gasteiger partial charge in [-0.25, -0.2) is 4.79 Å². The first-order chi connectivity index (χ1) is 8.67. The van der Waals surface area contributed by atoms with Crippen LogP contribution in [0.25, 0.3) is 0 Å². The van der Waals surface area contributed by atoms with Crippen molar-refractivity contribution in [3.63, 3.8) is 0 Å². The molecule has 4 nitrogen and oxygen atoms in total. The van der Waals surface area contributed by atoms with Crippen LogP contribution < -0.4 is 0 Å². The van der Waals surface area contributed by atoms with E-state index in [-0.39, 0.29) is 5.97 Å². The van der Waals surface area contributed by atoms with Gasteiger partial charge in [-0.1, -0.05) is 32.0 Å². The molecule has 1 rings (SSSR count). The van der Waals surface area contributed by atoms with Crippen molar-refractivity contribution >= 4 is 5.97 Å².